The molecule has 7 nitrogen and oxygen atoms in total. The number of non-ortho nitro benzene ring substituents is 1. The predicted molar refractivity (Wildman–Crippen MR) is 111 cm³/mol. The minimum absolute atomic E-state index is 0.0366. The summed E-state index contributed by atoms with van der Waals surface area (Å²) in [5.74, 6) is 0. The first-order valence-corrected chi connectivity index (χ1v) is 11.9. The summed E-state index contributed by atoms with van der Waals surface area (Å²) in [6, 6.07) is 10.2. The van der Waals surface area contributed by atoms with Gasteiger partial charge in [0.25, 0.3) is 5.69 Å². The lowest BCUT2D eigenvalue weighted by Crippen LogP contribution is -2.27. The topological polar surface area (TPSA) is 93.5 Å². The third kappa shape index (κ3) is 5.34. The van der Waals surface area contributed by atoms with Crippen LogP contribution in [-0.2, 0) is 9.09 Å². The number of nitro groups is 1. The smallest absolute Gasteiger partial charge is 0.298 e. The number of hydrogen-bond acceptors (Lipinski definition) is 4. The Balaban J connectivity index is 2.36. The molecule has 0 radical (unpaired) electrons. The molecule has 2 aromatic carbocycles. The van der Waals surface area contributed by atoms with E-state index in [1.54, 1.807) is 31.2 Å². The second-order valence-corrected chi connectivity index (χ2v) is 9.00. The second-order valence-electron chi connectivity index (χ2n) is 5.47. The molecule has 0 aliphatic carbocycles. The van der Waals surface area contributed by atoms with Gasteiger partial charge in [-0.2, -0.15) is 0 Å². The van der Waals surface area contributed by atoms with E-state index in [0.29, 0.717) is 34.5 Å². The number of benzene rings is 2. The second kappa shape index (κ2) is 9.92. The Labute approximate surface area is 168 Å². The molecule has 2 rings (SSSR count). The van der Waals surface area contributed by atoms with E-state index >= 15 is 0 Å². The highest BCUT2D eigenvalue weighted by atomic mass is 79.9. The summed E-state index contributed by atoms with van der Waals surface area (Å²) < 4.78 is 18.9. The molecule has 0 heterocycles. The van der Waals surface area contributed by atoms with E-state index in [0.717, 1.165) is 5.56 Å². The van der Waals surface area contributed by atoms with Gasteiger partial charge in [-0.05, 0) is 30.0 Å². The van der Waals surface area contributed by atoms with Crippen molar-refractivity contribution in [3.63, 3.8) is 0 Å². The van der Waals surface area contributed by atoms with Crippen LogP contribution < -0.4 is 10.2 Å². The third-order valence-electron chi connectivity index (χ3n) is 3.70. The summed E-state index contributed by atoms with van der Waals surface area (Å²) in [6.45, 7) is 2.73. The largest absolute Gasteiger partial charge is 0.341 e. The normalized spacial score (nSPS) is 13.0. The molecular weight excluding hydrogens is 489 g/mol. The highest BCUT2D eigenvalue weighted by Crippen LogP contribution is 2.44. The fourth-order valence-electron chi connectivity index (χ4n) is 2.61. The predicted octanol–water partition coefficient (Wildman–Crippen LogP) is 4.90. The van der Waals surface area contributed by atoms with E-state index < -0.39 is 18.7 Å². The molecule has 0 saturated heterocycles. The first-order chi connectivity index (χ1) is 12.4. The van der Waals surface area contributed by atoms with Gasteiger partial charge >= 0.3 is 7.67 Å². The van der Waals surface area contributed by atoms with Crippen molar-refractivity contribution in [3.8, 4) is 0 Å². The summed E-state index contributed by atoms with van der Waals surface area (Å²) in [5.41, 5.74) is 0.780. The molecule has 0 spiro atoms. The molecule has 1 atom stereocenters. The zero-order chi connectivity index (χ0) is 19.2. The van der Waals surface area contributed by atoms with Crippen molar-refractivity contribution in [3.05, 3.63) is 52.1 Å². The van der Waals surface area contributed by atoms with Gasteiger partial charge in [-0.25, -0.2) is 10.2 Å². The summed E-state index contributed by atoms with van der Waals surface area (Å²) >= 11 is 6.59. The van der Waals surface area contributed by atoms with E-state index in [1.807, 2.05) is 6.07 Å². The first-order valence-electron chi connectivity index (χ1n) is 7.98. The van der Waals surface area contributed by atoms with E-state index in [-0.39, 0.29) is 5.69 Å². The zero-order valence-corrected chi connectivity index (χ0v) is 18.2. The molecule has 0 amide bonds. The molecule has 0 bridgehead atoms. The number of rotatable bonds is 10. The average Bonchev–Trinajstić information content (AvgIpc) is 2.63. The molecule has 142 valence electrons. The van der Waals surface area contributed by atoms with Gasteiger partial charge in [0, 0.05) is 29.8 Å². The fourth-order valence-corrected chi connectivity index (χ4v) is 5.25. The number of hydrogen-bond donors (Lipinski definition) is 2. The molecule has 0 aliphatic heterocycles. The van der Waals surface area contributed by atoms with Crippen LogP contribution in [0.15, 0.2) is 36.4 Å². The van der Waals surface area contributed by atoms with Crippen LogP contribution in [-0.4, -0.2) is 28.7 Å². The van der Waals surface area contributed by atoms with Crippen LogP contribution in [0.4, 0.5) is 5.69 Å². The van der Waals surface area contributed by atoms with E-state index in [1.165, 1.54) is 6.07 Å². The van der Waals surface area contributed by atoms with Crippen molar-refractivity contribution < 1.29 is 14.0 Å². The summed E-state index contributed by atoms with van der Waals surface area (Å²) in [4.78, 5) is 10.9. The molecule has 1 unspecified atom stereocenters. The Kier molecular flexibility index (Phi) is 8.19. The van der Waals surface area contributed by atoms with Crippen LogP contribution in [0, 0.1) is 10.1 Å². The molecule has 2 N–H and O–H groups in total. The van der Waals surface area contributed by atoms with Crippen LogP contribution in [0.2, 0.25) is 0 Å². The van der Waals surface area contributed by atoms with Crippen molar-refractivity contribution in [2.75, 3.05) is 23.7 Å². The van der Waals surface area contributed by atoms with Crippen molar-refractivity contribution in [1.29, 1.82) is 0 Å². The van der Waals surface area contributed by atoms with E-state index in [4.69, 9.17) is 4.52 Å². The SMILES string of the molecule is CC(OP(=O)(NCCBr)NCCBr)c1ccc([N+](=O)[O-])c2ccccc12. The molecule has 0 aliphatic rings. The number of fused-ring (bicyclic) bond motifs is 1. The molecule has 2 aromatic rings. The van der Waals surface area contributed by atoms with E-state index in [9.17, 15) is 14.7 Å². The summed E-state index contributed by atoms with van der Waals surface area (Å²) in [7, 11) is -3.28. The summed E-state index contributed by atoms with van der Waals surface area (Å²) in [5, 5.41) is 19.6. The van der Waals surface area contributed by atoms with Crippen LogP contribution in [0.5, 0.6) is 0 Å². The molecule has 0 fully saturated rings. The Morgan fingerprint density at radius 1 is 1.12 bits per heavy atom. The maximum atomic E-state index is 13.0. The molecule has 0 aromatic heterocycles. The standard InChI is InChI=1S/C16H20Br2N3O4P/c1-12(25-26(24,19-10-8-17)20-11-9-18)13-6-7-16(21(22)23)15-5-3-2-4-14(13)15/h2-7,12H,8-11H2,1H3,(H2,19,20,24). The van der Waals surface area contributed by atoms with Crippen LogP contribution in [0.1, 0.15) is 18.6 Å². The van der Waals surface area contributed by atoms with Crippen molar-refractivity contribution >= 4 is 56.0 Å². The minimum Gasteiger partial charge on any atom is -0.298 e. The van der Waals surface area contributed by atoms with Crippen molar-refractivity contribution in [1.82, 2.24) is 10.2 Å². The van der Waals surface area contributed by atoms with Gasteiger partial charge in [0.2, 0.25) is 0 Å². The van der Waals surface area contributed by atoms with Gasteiger partial charge in [0.1, 0.15) is 0 Å². The first kappa shape index (κ1) is 21.5. The van der Waals surface area contributed by atoms with Gasteiger partial charge in [-0.1, -0.05) is 50.1 Å². The molecule has 26 heavy (non-hydrogen) atoms. The third-order valence-corrected chi connectivity index (χ3v) is 6.39. The average molecular weight is 509 g/mol. The molecular formula is C16H20Br2N3O4P. The van der Waals surface area contributed by atoms with Gasteiger partial charge in [-0.15, -0.1) is 0 Å². The van der Waals surface area contributed by atoms with Gasteiger partial charge in [0.05, 0.1) is 16.4 Å². The molecule has 0 saturated carbocycles. The Morgan fingerprint density at radius 2 is 1.69 bits per heavy atom. The van der Waals surface area contributed by atoms with Crippen molar-refractivity contribution in [2.45, 2.75) is 13.0 Å². The van der Waals surface area contributed by atoms with Crippen molar-refractivity contribution in [2.24, 2.45) is 0 Å². The number of nitrogens with one attached hydrogen (secondary N) is 2. The van der Waals surface area contributed by atoms with Gasteiger partial charge in [0.15, 0.2) is 0 Å². The Bertz CT molecular complexity index is 809. The zero-order valence-electron chi connectivity index (χ0n) is 14.2. The lowest BCUT2D eigenvalue weighted by Gasteiger charge is -2.24. The van der Waals surface area contributed by atoms with Crippen LogP contribution >= 0.6 is 39.5 Å². The lowest BCUT2D eigenvalue weighted by molar-refractivity contribution is -0.383. The van der Waals surface area contributed by atoms with Crippen LogP contribution in [0.3, 0.4) is 0 Å². The Morgan fingerprint density at radius 3 is 2.23 bits per heavy atom. The molecule has 10 heteroatoms. The van der Waals surface area contributed by atoms with Crippen LogP contribution in [0.25, 0.3) is 10.8 Å². The highest BCUT2D eigenvalue weighted by molar-refractivity contribution is 9.09. The van der Waals surface area contributed by atoms with Gasteiger partial charge < -0.3 is 0 Å². The lowest BCUT2D eigenvalue weighted by atomic mass is 10.00. The maximum Gasteiger partial charge on any atom is 0.341 e. The highest BCUT2D eigenvalue weighted by Gasteiger charge is 2.27. The monoisotopic (exact) mass is 507 g/mol. The van der Waals surface area contributed by atoms with E-state index in [2.05, 4.69) is 42.0 Å². The number of nitro benzene ring substituents is 1. The Hall–Kier alpha value is -0.830. The maximum absolute atomic E-state index is 13.0. The quantitative estimate of drug-likeness (QED) is 0.205. The number of nitrogens with zero attached hydrogens (tertiary/aromatic N) is 1. The fraction of sp³-hybridized carbons (Fsp3) is 0.375. The van der Waals surface area contributed by atoms with Gasteiger partial charge in [-0.3, -0.25) is 19.2 Å². The summed E-state index contributed by atoms with van der Waals surface area (Å²) in [6.07, 6.45) is -0.530. The minimum atomic E-state index is -3.28. The number of alkyl halides is 2. The number of halogens is 2.